The van der Waals surface area contributed by atoms with E-state index < -0.39 is 0 Å². The van der Waals surface area contributed by atoms with E-state index in [1.807, 2.05) is 0 Å². The molecular weight excluding hydrogens is 180 g/mol. The Morgan fingerprint density at radius 2 is 2.00 bits per heavy atom. The molecule has 1 nitrogen and oxygen atoms in total. The van der Waals surface area contributed by atoms with E-state index in [9.17, 15) is 0 Å². The number of unbranched alkanes of at least 4 members (excludes halogenated alkanes) is 1. The van der Waals surface area contributed by atoms with Crippen molar-refractivity contribution in [3.05, 3.63) is 0 Å². The highest BCUT2D eigenvalue weighted by molar-refractivity contribution is 7.80. The van der Waals surface area contributed by atoms with Crippen molar-refractivity contribution in [2.75, 3.05) is 12.4 Å². The molecule has 2 unspecified atom stereocenters. The molecule has 0 heterocycles. The van der Waals surface area contributed by atoms with Crippen LogP contribution >= 0.6 is 12.6 Å². The van der Waals surface area contributed by atoms with E-state index in [4.69, 9.17) is 4.74 Å². The molecule has 0 aromatic heterocycles. The second-order valence-corrected chi connectivity index (χ2v) is 4.55. The predicted octanol–water partition coefficient (Wildman–Crippen LogP) is 3.29. The fourth-order valence-corrected chi connectivity index (χ4v) is 2.20. The number of hydrogen-bond acceptors (Lipinski definition) is 2. The van der Waals surface area contributed by atoms with E-state index in [1.165, 1.54) is 38.5 Å². The van der Waals surface area contributed by atoms with Crippen LogP contribution in [0.25, 0.3) is 0 Å². The van der Waals surface area contributed by atoms with Crippen LogP contribution in [0.5, 0.6) is 0 Å². The van der Waals surface area contributed by atoms with Crippen LogP contribution < -0.4 is 0 Å². The highest BCUT2D eigenvalue weighted by atomic mass is 32.1. The summed E-state index contributed by atoms with van der Waals surface area (Å²) in [6.07, 6.45) is 8.31. The second kappa shape index (κ2) is 6.72. The Morgan fingerprint density at radius 1 is 1.23 bits per heavy atom. The zero-order chi connectivity index (χ0) is 9.52. The summed E-state index contributed by atoms with van der Waals surface area (Å²) < 4.78 is 5.86. The summed E-state index contributed by atoms with van der Waals surface area (Å²) in [6, 6.07) is 0. The highest BCUT2D eigenvalue weighted by Gasteiger charge is 2.21. The maximum Gasteiger partial charge on any atom is 0.0600 e. The fraction of sp³-hybridized carbons (Fsp3) is 1.00. The van der Waals surface area contributed by atoms with E-state index >= 15 is 0 Å². The molecule has 0 spiro atoms. The summed E-state index contributed by atoms with van der Waals surface area (Å²) >= 11 is 4.18. The van der Waals surface area contributed by atoms with Crippen LogP contribution in [-0.2, 0) is 4.74 Å². The Morgan fingerprint density at radius 3 is 2.69 bits per heavy atom. The van der Waals surface area contributed by atoms with E-state index in [0.717, 1.165) is 18.3 Å². The van der Waals surface area contributed by atoms with Crippen LogP contribution in [0.1, 0.15) is 45.4 Å². The summed E-state index contributed by atoms with van der Waals surface area (Å²) in [5.74, 6) is 1.77. The molecule has 0 N–H and O–H groups in total. The van der Waals surface area contributed by atoms with Gasteiger partial charge in [0.15, 0.2) is 0 Å². The molecule has 1 fully saturated rings. The Kier molecular flexibility index (Phi) is 5.88. The Balaban J connectivity index is 2.05. The van der Waals surface area contributed by atoms with Crippen molar-refractivity contribution >= 4 is 12.6 Å². The zero-order valence-corrected chi connectivity index (χ0v) is 9.56. The molecule has 2 atom stereocenters. The predicted molar refractivity (Wildman–Crippen MR) is 60.5 cm³/mol. The molecule has 0 radical (unpaired) electrons. The third-order valence-electron chi connectivity index (χ3n) is 2.92. The van der Waals surface area contributed by atoms with Crippen molar-refractivity contribution in [1.29, 1.82) is 0 Å². The lowest BCUT2D eigenvalue weighted by Crippen LogP contribution is -2.25. The maximum atomic E-state index is 5.86. The molecule has 78 valence electrons. The van der Waals surface area contributed by atoms with Gasteiger partial charge in [-0.15, -0.1) is 0 Å². The number of ether oxygens (including phenoxy) is 1. The SMILES string of the molecule is CC1CCCCC1OCCCCS. The largest absolute Gasteiger partial charge is 0.378 e. The van der Waals surface area contributed by atoms with Crippen molar-refractivity contribution in [1.82, 2.24) is 0 Å². The minimum absolute atomic E-state index is 0.550. The average Bonchev–Trinajstić information content (AvgIpc) is 2.15. The standard InChI is InChI=1S/C11H22OS/c1-10-6-2-3-7-11(10)12-8-4-5-9-13/h10-11,13H,2-9H2,1H3. The van der Waals surface area contributed by atoms with Gasteiger partial charge < -0.3 is 4.74 Å². The first-order valence-corrected chi connectivity index (χ1v) is 6.20. The van der Waals surface area contributed by atoms with Crippen LogP contribution in [0.4, 0.5) is 0 Å². The summed E-state index contributed by atoms with van der Waals surface area (Å²) in [7, 11) is 0. The highest BCUT2D eigenvalue weighted by Crippen LogP contribution is 2.26. The van der Waals surface area contributed by atoms with Crippen molar-refractivity contribution in [3.8, 4) is 0 Å². The molecule has 0 aromatic rings. The topological polar surface area (TPSA) is 9.23 Å². The Hall–Kier alpha value is 0.310. The first-order chi connectivity index (χ1) is 6.34. The van der Waals surface area contributed by atoms with Crippen LogP contribution in [0.3, 0.4) is 0 Å². The van der Waals surface area contributed by atoms with E-state index in [1.54, 1.807) is 0 Å². The molecule has 0 saturated heterocycles. The minimum atomic E-state index is 0.550. The van der Waals surface area contributed by atoms with Gasteiger partial charge in [0.05, 0.1) is 6.10 Å². The summed E-state index contributed by atoms with van der Waals surface area (Å²) in [4.78, 5) is 0. The number of rotatable bonds is 5. The zero-order valence-electron chi connectivity index (χ0n) is 8.67. The normalized spacial score (nSPS) is 29.1. The second-order valence-electron chi connectivity index (χ2n) is 4.10. The van der Waals surface area contributed by atoms with Crippen molar-refractivity contribution in [2.45, 2.75) is 51.6 Å². The molecule has 1 rings (SSSR count). The molecule has 0 aliphatic heterocycles. The Bertz CT molecular complexity index is 127. The monoisotopic (exact) mass is 202 g/mol. The van der Waals surface area contributed by atoms with E-state index in [-0.39, 0.29) is 0 Å². The van der Waals surface area contributed by atoms with Gasteiger partial charge in [-0.2, -0.15) is 12.6 Å². The summed E-state index contributed by atoms with van der Waals surface area (Å²) in [5, 5.41) is 0. The van der Waals surface area contributed by atoms with Crippen molar-refractivity contribution in [2.24, 2.45) is 5.92 Å². The van der Waals surface area contributed by atoms with Gasteiger partial charge in [-0.1, -0.05) is 19.8 Å². The Labute approximate surface area is 87.7 Å². The van der Waals surface area contributed by atoms with Gasteiger partial charge in [0.2, 0.25) is 0 Å². The molecule has 1 aliphatic carbocycles. The fourth-order valence-electron chi connectivity index (χ4n) is 1.98. The lowest BCUT2D eigenvalue weighted by atomic mass is 9.88. The molecule has 0 aromatic carbocycles. The first kappa shape index (κ1) is 11.4. The van der Waals surface area contributed by atoms with Crippen molar-refractivity contribution < 1.29 is 4.74 Å². The van der Waals surface area contributed by atoms with Crippen LogP contribution in [0.2, 0.25) is 0 Å². The summed E-state index contributed by atoms with van der Waals surface area (Å²) in [5.41, 5.74) is 0. The number of thiol groups is 1. The minimum Gasteiger partial charge on any atom is -0.378 e. The maximum absolute atomic E-state index is 5.86. The van der Waals surface area contributed by atoms with Gasteiger partial charge in [-0.05, 0) is 37.4 Å². The van der Waals surface area contributed by atoms with Crippen LogP contribution in [0.15, 0.2) is 0 Å². The van der Waals surface area contributed by atoms with Crippen molar-refractivity contribution in [3.63, 3.8) is 0 Å². The quantitative estimate of drug-likeness (QED) is 0.531. The molecular formula is C11H22OS. The lowest BCUT2D eigenvalue weighted by Gasteiger charge is -2.28. The summed E-state index contributed by atoms with van der Waals surface area (Å²) in [6.45, 7) is 3.26. The molecule has 1 aliphatic rings. The molecule has 0 bridgehead atoms. The van der Waals surface area contributed by atoms with Gasteiger partial charge in [-0.3, -0.25) is 0 Å². The lowest BCUT2D eigenvalue weighted by molar-refractivity contribution is -0.00597. The third kappa shape index (κ3) is 4.37. The van der Waals surface area contributed by atoms with Gasteiger partial charge in [0.1, 0.15) is 0 Å². The van der Waals surface area contributed by atoms with Crippen LogP contribution in [0, 0.1) is 5.92 Å². The number of hydrogen-bond donors (Lipinski definition) is 1. The molecule has 2 heteroatoms. The molecule has 1 saturated carbocycles. The molecule has 13 heavy (non-hydrogen) atoms. The molecule has 0 amide bonds. The van der Waals surface area contributed by atoms with Gasteiger partial charge in [0, 0.05) is 6.61 Å². The first-order valence-electron chi connectivity index (χ1n) is 5.57. The van der Waals surface area contributed by atoms with Crippen LogP contribution in [-0.4, -0.2) is 18.5 Å². The average molecular weight is 202 g/mol. The van der Waals surface area contributed by atoms with Gasteiger partial charge >= 0.3 is 0 Å². The van der Waals surface area contributed by atoms with E-state index in [0.29, 0.717) is 6.10 Å². The van der Waals surface area contributed by atoms with E-state index in [2.05, 4.69) is 19.6 Å². The van der Waals surface area contributed by atoms with Gasteiger partial charge in [0.25, 0.3) is 0 Å². The third-order valence-corrected chi connectivity index (χ3v) is 3.23. The smallest absolute Gasteiger partial charge is 0.0600 e. The van der Waals surface area contributed by atoms with Gasteiger partial charge in [-0.25, -0.2) is 0 Å².